The predicted octanol–water partition coefficient (Wildman–Crippen LogP) is 3.70. The lowest BCUT2D eigenvalue weighted by Gasteiger charge is -2.14. The molecule has 2 aromatic rings. The molecular formula is C18H20FNO. The molecule has 1 aliphatic heterocycles. The Balaban J connectivity index is 1.68. The van der Waals surface area contributed by atoms with Crippen LogP contribution in [0.15, 0.2) is 36.4 Å². The number of benzene rings is 2. The zero-order valence-corrected chi connectivity index (χ0v) is 12.2. The van der Waals surface area contributed by atoms with Gasteiger partial charge in [-0.2, -0.15) is 0 Å². The Morgan fingerprint density at radius 2 is 2.14 bits per heavy atom. The summed E-state index contributed by atoms with van der Waals surface area (Å²) in [6, 6.07) is 11.4. The van der Waals surface area contributed by atoms with Crippen LogP contribution in [0, 0.1) is 12.7 Å². The Hall–Kier alpha value is -1.87. The van der Waals surface area contributed by atoms with Gasteiger partial charge >= 0.3 is 0 Å². The third-order valence-corrected chi connectivity index (χ3v) is 4.12. The molecule has 0 bridgehead atoms. The Kier molecular flexibility index (Phi) is 3.93. The molecule has 1 aliphatic rings. The van der Waals surface area contributed by atoms with Gasteiger partial charge in [-0.25, -0.2) is 4.39 Å². The lowest BCUT2D eigenvalue weighted by atomic mass is 9.97. The van der Waals surface area contributed by atoms with Crippen LogP contribution in [-0.2, 0) is 12.8 Å². The molecule has 1 unspecified atom stereocenters. The lowest BCUT2D eigenvalue weighted by Crippen LogP contribution is -2.13. The van der Waals surface area contributed by atoms with E-state index >= 15 is 0 Å². The Labute approximate surface area is 124 Å². The van der Waals surface area contributed by atoms with E-state index in [9.17, 15) is 4.39 Å². The van der Waals surface area contributed by atoms with Crippen molar-refractivity contribution in [2.45, 2.75) is 32.2 Å². The second-order valence-corrected chi connectivity index (χ2v) is 5.66. The minimum absolute atomic E-state index is 0.174. The van der Waals surface area contributed by atoms with Crippen molar-refractivity contribution in [3.63, 3.8) is 0 Å². The average Bonchev–Trinajstić information content (AvgIpc) is 2.95. The molecule has 2 aromatic carbocycles. The highest BCUT2D eigenvalue weighted by Crippen LogP contribution is 2.27. The Morgan fingerprint density at radius 1 is 1.29 bits per heavy atom. The van der Waals surface area contributed by atoms with Crippen LogP contribution < -0.4 is 10.5 Å². The summed E-state index contributed by atoms with van der Waals surface area (Å²) in [5, 5.41) is 0. The van der Waals surface area contributed by atoms with Crippen LogP contribution in [0.3, 0.4) is 0 Å². The van der Waals surface area contributed by atoms with Crippen LogP contribution >= 0.6 is 0 Å². The maximum atomic E-state index is 14.1. The van der Waals surface area contributed by atoms with Crippen molar-refractivity contribution in [3.8, 4) is 5.75 Å². The molecule has 2 nitrogen and oxygen atoms in total. The number of hydrogen-bond acceptors (Lipinski definition) is 2. The molecule has 0 aromatic heterocycles. The quantitative estimate of drug-likeness (QED) is 0.929. The smallest absolute Gasteiger partial charge is 0.130 e. The van der Waals surface area contributed by atoms with Gasteiger partial charge in [0.1, 0.15) is 11.6 Å². The molecule has 21 heavy (non-hydrogen) atoms. The fourth-order valence-corrected chi connectivity index (χ4v) is 2.83. The number of hydrogen-bond donors (Lipinski definition) is 1. The van der Waals surface area contributed by atoms with Crippen LogP contribution in [0.25, 0.3) is 0 Å². The van der Waals surface area contributed by atoms with Gasteiger partial charge in [-0.15, -0.1) is 0 Å². The maximum absolute atomic E-state index is 14.1. The van der Waals surface area contributed by atoms with Gasteiger partial charge in [-0.1, -0.05) is 30.3 Å². The largest absolute Gasteiger partial charge is 0.493 e. The van der Waals surface area contributed by atoms with Crippen molar-refractivity contribution in [2.24, 2.45) is 5.73 Å². The van der Waals surface area contributed by atoms with Crippen LogP contribution in [0.1, 0.15) is 34.7 Å². The summed E-state index contributed by atoms with van der Waals surface area (Å²) in [5.74, 6) is 0.820. The summed E-state index contributed by atoms with van der Waals surface area (Å²) < 4.78 is 19.6. The molecule has 0 aliphatic carbocycles. The highest BCUT2D eigenvalue weighted by molar-refractivity contribution is 5.40. The SMILES string of the molecule is Cc1cccc(C(N)CCc2ccc3c(c2)CCO3)c1F. The number of nitrogens with two attached hydrogens (primary N) is 1. The molecule has 0 spiro atoms. The fourth-order valence-electron chi connectivity index (χ4n) is 2.83. The van der Waals surface area contributed by atoms with E-state index in [-0.39, 0.29) is 11.9 Å². The number of halogens is 1. The normalized spacial score (nSPS) is 14.6. The first-order chi connectivity index (χ1) is 10.1. The van der Waals surface area contributed by atoms with E-state index in [1.165, 1.54) is 11.1 Å². The summed E-state index contributed by atoms with van der Waals surface area (Å²) in [6.45, 7) is 2.54. The number of rotatable bonds is 4. The standard InChI is InChI=1S/C18H20FNO/c1-12-3-2-4-15(18(12)19)16(20)7-5-13-6-8-17-14(11-13)9-10-21-17/h2-4,6,8,11,16H,5,7,9-10,20H2,1H3. The molecule has 0 saturated carbocycles. The summed E-state index contributed by atoms with van der Waals surface area (Å²) in [6.07, 6.45) is 2.56. The number of ether oxygens (including phenoxy) is 1. The molecule has 1 heterocycles. The fraction of sp³-hybridized carbons (Fsp3) is 0.333. The van der Waals surface area contributed by atoms with E-state index in [2.05, 4.69) is 12.1 Å². The zero-order chi connectivity index (χ0) is 14.8. The molecular weight excluding hydrogens is 265 g/mol. The van der Waals surface area contributed by atoms with Crippen molar-refractivity contribution in [3.05, 3.63) is 64.5 Å². The third kappa shape index (κ3) is 2.93. The van der Waals surface area contributed by atoms with Gasteiger partial charge in [0.15, 0.2) is 0 Å². The molecule has 0 amide bonds. The molecule has 0 fully saturated rings. The van der Waals surface area contributed by atoms with E-state index in [0.717, 1.165) is 31.6 Å². The van der Waals surface area contributed by atoms with Gasteiger partial charge in [0, 0.05) is 18.0 Å². The molecule has 2 N–H and O–H groups in total. The van der Waals surface area contributed by atoms with Crippen molar-refractivity contribution < 1.29 is 9.13 Å². The van der Waals surface area contributed by atoms with Crippen LogP contribution in [-0.4, -0.2) is 6.61 Å². The second kappa shape index (κ2) is 5.86. The first-order valence-electron chi connectivity index (χ1n) is 7.40. The summed E-state index contributed by atoms with van der Waals surface area (Å²) >= 11 is 0. The topological polar surface area (TPSA) is 35.2 Å². The summed E-state index contributed by atoms with van der Waals surface area (Å²) in [5.41, 5.74) is 9.93. The van der Waals surface area contributed by atoms with Gasteiger partial charge < -0.3 is 10.5 Å². The van der Waals surface area contributed by atoms with E-state index in [0.29, 0.717) is 11.1 Å². The molecule has 3 heteroatoms. The van der Waals surface area contributed by atoms with E-state index in [1.807, 2.05) is 12.1 Å². The monoisotopic (exact) mass is 285 g/mol. The van der Waals surface area contributed by atoms with Crippen molar-refractivity contribution in [1.82, 2.24) is 0 Å². The highest BCUT2D eigenvalue weighted by Gasteiger charge is 2.15. The predicted molar refractivity (Wildman–Crippen MR) is 82.0 cm³/mol. The zero-order valence-electron chi connectivity index (χ0n) is 12.2. The number of aryl methyl sites for hydroxylation is 2. The van der Waals surface area contributed by atoms with Crippen LogP contribution in [0.5, 0.6) is 5.75 Å². The molecule has 3 rings (SSSR count). The second-order valence-electron chi connectivity index (χ2n) is 5.66. The summed E-state index contributed by atoms with van der Waals surface area (Å²) in [7, 11) is 0. The van der Waals surface area contributed by atoms with Gasteiger partial charge in [0.25, 0.3) is 0 Å². The van der Waals surface area contributed by atoms with E-state index in [1.54, 1.807) is 19.1 Å². The number of fused-ring (bicyclic) bond motifs is 1. The van der Waals surface area contributed by atoms with Crippen molar-refractivity contribution >= 4 is 0 Å². The highest BCUT2D eigenvalue weighted by atomic mass is 19.1. The molecule has 1 atom stereocenters. The Bertz CT molecular complexity index is 654. The average molecular weight is 285 g/mol. The maximum Gasteiger partial charge on any atom is 0.130 e. The van der Waals surface area contributed by atoms with Gasteiger partial charge in [-0.3, -0.25) is 0 Å². The molecule has 0 radical (unpaired) electrons. The van der Waals surface area contributed by atoms with E-state index < -0.39 is 0 Å². The van der Waals surface area contributed by atoms with Gasteiger partial charge in [0.05, 0.1) is 6.61 Å². The Morgan fingerprint density at radius 3 is 3.00 bits per heavy atom. The van der Waals surface area contributed by atoms with E-state index in [4.69, 9.17) is 10.5 Å². The van der Waals surface area contributed by atoms with Crippen LogP contribution in [0.4, 0.5) is 4.39 Å². The van der Waals surface area contributed by atoms with Crippen molar-refractivity contribution in [1.29, 1.82) is 0 Å². The first kappa shape index (κ1) is 14.1. The third-order valence-electron chi connectivity index (χ3n) is 4.12. The lowest BCUT2D eigenvalue weighted by molar-refractivity contribution is 0.357. The first-order valence-corrected chi connectivity index (χ1v) is 7.40. The minimum atomic E-state index is -0.269. The van der Waals surface area contributed by atoms with Crippen molar-refractivity contribution in [2.75, 3.05) is 6.61 Å². The van der Waals surface area contributed by atoms with Crippen LogP contribution in [0.2, 0.25) is 0 Å². The minimum Gasteiger partial charge on any atom is -0.493 e. The summed E-state index contributed by atoms with van der Waals surface area (Å²) in [4.78, 5) is 0. The molecule has 110 valence electrons. The molecule has 0 saturated heterocycles. The van der Waals surface area contributed by atoms with Gasteiger partial charge in [-0.05, 0) is 42.5 Å². The van der Waals surface area contributed by atoms with Gasteiger partial charge in [0.2, 0.25) is 0 Å².